The number of amides is 1. The first-order valence-corrected chi connectivity index (χ1v) is 6.48. The van der Waals surface area contributed by atoms with Crippen molar-refractivity contribution in [1.29, 1.82) is 0 Å². The number of quaternary nitrogens is 1. The van der Waals surface area contributed by atoms with Gasteiger partial charge in [-0.3, -0.25) is 4.79 Å². The van der Waals surface area contributed by atoms with Gasteiger partial charge < -0.3 is 30.9 Å². The molecule has 0 unspecified atom stereocenters. The Bertz CT molecular complexity index is 503. The van der Waals surface area contributed by atoms with Crippen LogP contribution in [0.5, 0.6) is 0 Å². The highest BCUT2D eigenvalue weighted by Crippen LogP contribution is 2.03. The molecule has 0 bridgehead atoms. The quantitative estimate of drug-likeness (QED) is 0.515. The van der Waals surface area contributed by atoms with E-state index in [0.29, 0.717) is 0 Å². The molecule has 0 aliphatic heterocycles. The molecule has 0 fully saturated rings. The fourth-order valence-electron chi connectivity index (χ4n) is 1.73. The van der Waals surface area contributed by atoms with Crippen LogP contribution in [0.4, 0.5) is 0 Å². The molecule has 0 radical (unpaired) electrons. The number of aliphatic carboxylic acids is 2. The van der Waals surface area contributed by atoms with Crippen LogP contribution in [0.2, 0.25) is 0 Å². The van der Waals surface area contributed by atoms with Crippen molar-refractivity contribution in [3.63, 3.8) is 0 Å². The summed E-state index contributed by atoms with van der Waals surface area (Å²) >= 11 is 0. The number of carboxylic acid groups (broad SMARTS) is 2. The van der Waals surface area contributed by atoms with Gasteiger partial charge in [0.1, 0.15) is 6.04 Å². The standard InChI is InChI=1S/C14H18N2O5/c15-10(13(18)19)6-7-12(17)16-11(14(20)21)8-9-4-2-1-3-5-9/h1-5,10-11H,6-8,15H2,(H,16,17)(H,18,19)(H,20,21)/p-1/t10-,11-/m0/s1. The lowest BCUT2D eigenvalue weighted by Crippen LogP contribution is -2.68. The Kier molecular flexibility index (Phi) is 6.35. The molecule has 0 aliphatic carbocycles. The highest BCUT2D eigenvalue weighted by Gasteiger charge is 2.16. The van der Waals surface area contributed by atoms with E-state index in [1.807, 2.05) is 0 Å². The van der Waals surface area contributed by atoms with Crippen molar-refractivity contribution in [2.45, 2.75) is 31.3 Å². The molecule has 0 spiro atoms. The number of hydrogen-bond donors (Lipinski definition) is 2. The first-order valence-electron chi connectivity index (χ1n) is 6.48. The fourth-order valence-corrected chi connectivity index (χ4v) is 1.73. The normalized spacial score (nSPS) is 13.2. The van der Waals surface area contributed by atoms with Gasteiger partial charge in [0.05, 0.1) is 18.0 Å². The Balaban J connectivity index is 2.53. The van der Waals surface area contributed by atoms with Gasteiger partial charge in [-0.25, -0.2) is 0 Å². The fraction of sp³-hybridized carbons (Fsp3) is 0.357. The van der Waals surface area contributed by atoms with Crippen LogP contribution in [0.15, 0.2) is 30.3 Å². The molecular formula is C14H17N2O5-. The summed E-state index contributed by atoms with van der Waals surface area (Å²) in [5, 5.41) is 23.8. The predicted octanol–water partition coefficient (Wildman–Crippen LogP) is -3.40. The molecule has 21 heavy (non-hydrogen) atoms. The summed E-state index contributed by atoms with van der Waals surface area (Å²) in [6, 6.07) is 6.63. The number of carbonyl (C=O) groups excluding carboxylic acids is 3. The lowest BCUT2D eigenvalue weighted by atomic mass is 10.1. The van der Waals surface area contributed by atoms with Gasteiger partial charge in [-0.05, 0) is 12.0 Å². The van der Waals surface area contributed by atoms with E-state index in [1.165, 1.54) is 0 Å². The second-order valence-electron chi connectivity index (χ2n) is 4.68. The number of carbonyl (C=O) groups is 3. The van der Waals surface area contributed by atoms with E-state index in [0.717, 1.165) is 5.56 Å². The molecule has 1 aromatic rings. The van der Waals surface area contributed by atoms with Gasteiger partial charge in [0.2, 0.25) is 5.91 Å². The molecule has 1 amide bonds. The topological polar surface area (TPSA) is 137 Å². The van der Waals surface area contributed by atoms with Crippen molar-refractivity contribution in [2.75, 3.05) is 0 Å². The number of nitrogens with one attached hydrogen (secondary N) is 1. The average Bonchev–Trinajstić information content (AvgIpc) is 2.44. The molecule has 7 heteroatoms. The van der Waals surface area contributed by atoms with Crippen molar-refractivity contribution in [3.05, 3.63) is 35.9 Å². The lowest BCUT2D eigenvalue weighted by molar-refractivity contribution is -0.438. The van der Waals surface area contributed by atoms with E-state index in [9.17, 15) is 24.6 Å². The van der Waals surface area contributed by atoms with Gasteiger partial charge in [-0.1, -0.05) is 30.3 Å². The zero-order valence-corrected chi connectivity index (χ0v) is 11.4. The molecular weight excluding hydrogens is 276 g/mol. The van der Waals surface area contributed by atoms with Gasteiger partial charge in [0.15, 0.2) is 0 Å². The minimum atomic E-state index is -1.39. The third-order valence-electron chi connectivity index (χ3n) is 2.96. The molecule has 0 aromatic heterocycles. The minimum absolute atomic E-state index is 0.0146. The van der Waals surface area contributed by atoms with Crippen LogP contribution in [0.25, 0.3) is 0 Å². The van der Waals surface area contributed by atoms with Crippen LogP contribution in [-0.2, 0) is 20.8 Å². The zero-order chi connectivity index (χ0) is 15.8. The molecule has 0 aliphatic rings. The Morgan fingerprint density at radius 1 is 1.10 bits per heavy atom. The van der Waals surface area contributed by atoms with E-state index in [-0.39, 0.29) is 19.3 Å². The SMILES string of the molecule is [NH3+][C@@H](CCC(=O)N[C@@H](Cc1ccccc1)C(=O)[O-])C(=O)[O-]. The Labute approximate surface area is 121 Å². The van der Waals surface area contributed by atoms with Crippen LogP contribution >= 0.6 is 0 Å². The van der Waals surface area contributed by atoms with Crippen LogP contribution < -0.4 is 21.3 Å². The average molecular weight is 293 g/mol. The Morgan fingerprint density at radius 2 is 1.71 bits per heavy atom. The van der Waals surface area contributed by atoms with Crippen molar-refractivity contribution >= 4 is 17.8 Å². The van der Waals surface area contributed by atoms with Crippen LogP contribution in [-0.4, -0.2) is 29.9 Å². The second-order valence-corrected chi connectivity index (χ2v) is 4.68. The maximum atomic E-state index is 11.6. The molecule has 1 aromatic carbocycles. The summed E-state index contributed by atoms with van der Waals surface area (Å²) in [4.78, 5) is 33.1. The summed E-state index contributed by atoms with van der Waals surface area (Å²) in [5.41, 5.74) is 4.07. The summed E-state index contributed by atoms with van der Waals surface area (Å²) in [5.74, 6) is -3.29. The molecule has 114 valence electrons. The highest BCUT2D eigenvalue weighted by atomic mass is 16.4. The predicted molar refractivity (Wildman–Crippen MR) is 68.0 cm³/mol. The van der Waals surface area contributed by atoms with Crippen molar-refractivity contribution in [2.24, 2.45) is 0 Å². The number of rotatable bonds is 8. The minimum Gasteiger partial charge on any atom is -0.548 e. The maximum absolute atomic E-state index is 11.6. The summed E-state index contributed by atoms with van der Waals surface area (Å²) in [7, 11) is 0. The summed E-state index contributed by atoms with van der Waals surface area (Å²) in [6.45, 7) is 0. The van der Waals surface area contributed by atoms with E-state index in [1.54, 1.807) is 30.3 Å². The maximum Gasteiger partial charge on any atom is 0.220 e. The number of benzene rings is 1. The van der Waals surface area contributed by atoms with E-state index in [2.05, 4.69) is 11.1 Å². The molecule has 0 saturated heterocycles. The van der Waals surface area contributed by atoms with Crippen LogP contribution in [0.3, 0.4) is 0 Å². The third-order valence-corrected chi connectivity index (χ3v) is 2.96. The Hall–Kier alpha value is -2.41. The van der Waals surface area contributed by atoms with Gasteiger partial charge in [-0.15, -0.1) is 0 Å². The van der Waals surface area contributed by atoms with Crippen LogP contribution in [0.1, 0.15) is 18.4 Å². The number of hydrogen-bond acceptors (Lipinski definition) is 5. The molecule has 7 nitrogen and oxygen atoms in total. The van der Waals surface area contributed by atoms with Gasteiger partial charge >= 0.3 is 0 Å². The molecule has 2 atom stereocenters. The molecule has 0 saturated carbocycles. The second kappa shape index (κ2) is 8.01. The lowest BCUT2D eigenvalue weighted by Gasteiger charge is -2.20. The van der Waals surface area contributed by atoms with Crippen LogP contribution in [0, 0.1) is 0 Å². The summed E-state index contributed by atoms with van der Waals surface area (Å²) in [6.07, 6.45) is -0.0524. The van der Waals surface area contributed by atoms with Crippen molar-refractivity contribution in [3.8, 4) is 0 Å². The highest BCUT2D eigenvalue weighted by molar-refractivity contribution is 5.83. The van der Waals surface area contributed by atoms with E-state index < -0.39 is 29.9 Å². The first-order chi connectivity index (χ1) is 9.90. The smallest absolute Gasteiger partial charge is 0.220 e. The van der Waals surface area contributed by atoms with E-state index in [4.69, 9.17) is 0 Å². The monoisotopic (exact) mass is 293 g/mol. The van der Waals surface area contributed by atoms with Gasteiger partial charge in [0, 0.05) is 12.8 Å². The van der Waals surface area contributed by atoms with E-state index >= 15 is 0 Å². The summed E-state index contributed by atoms with van der Waals surface area (Å²) < 4.78 is 0. The van der Waals surface area contributed by atoms with Crippen molar-refractivity contribution in [1.82, 2.24) is 5.32 Å². The third kappa shape index (κ3) is 6.05. The molecule has 4 N–H and O–H groups in total. The van der Waals surface area contributed by atoms with Crippen molar-refractivity contribution < 1.29 is 30.3 Å². The first kappa shape index (κ1) is 16.6. The molecule has 0 heterocycles. The van der Waals surface area contributed by atoms with Gasteiger partial charge in [-0.2, -0.15) is 0 Å². The zero-order valence-electron chi connectivity index (χ0n) is 11.4. The van der Waals surface area contributed by atoms with Gasteiger partial charge in [0.25, 0.3) is 0 Å². The largest absolute Gasteiger partial charge is 0.548 e. The number of carboxylic acids is 2. The Morgan fingerprint density at radius 3 is 2.24 bits per heavy atom. The molecule has 1 rings (SSSR count).